The number of nitrogens with one attached hydrogen (secondary N) is 1. The first-order valence-electron chi connectivity index (χ1n) is 9.31. The van der Waals surface area contributed by atoms with E-state index >= 15 is 0 Å². The first-order valence-corrected chi connectivity index (χ1v) is 9.31. The van der Waals surface area contributed by atoms with E-state index in [0.29, 0.717) is 19.0 Å². The third-order valence-corrected chi connectivity index (χ3v) is 5.26. The molecule has 1 aromatic rings. The number of imide groups is 1. The van der Waals surface area contributed by atoms with Crippen molar-refractivity contribution in [3.05, 3.63) is 17.3 Å². The fourth-order valence-corrected chi connectivity index (χ4v) is 3.43. The van der Waals surface area contributed by atoms with Crippen LogP contribution in [0.25, 0.3) is 0 Å². The highest BCUT2D eigenvalue weighted by Crippen LogP contribution is 2.19. The summed E-state index contributed by atoms with van der Waals surface area (Å²) in [6.07, 6.45) is 1.95. The molecule has 0 aliphatic carbocycles. The Hall–Kier alpha value is -2.42. The van der Waals surface area contributed by atoms with Crippen LogP contribution in [-0.2, 0) is 16.1 Å². The molecule has 27 heavy (non-hydrogen) atoms. The molecule has 0 radical (unpaired) electrons. The van der Waals surface area contributed by atoms with Crippen LogP contribution in [0.4, 0.5) is 4.79 Å². The van der Waals surface area contributed by atoms with Gasteiger partial charge in [0.05, 0.1) is 12.2 Å². The number of likely N-dealkylation sites (tertiary alicyclic amines) is 1. The third kappa shape index (κ3) is 4.65. The maximum absolute atomic E-state index is 12.1. The lowest BCUT2D eigenvalue weighted by molar-refractivity contribution is -0.130. The Balaban J connectivity index is 1.37. The van der Waals surface area contributed by atoms with E-state index in [1.807, 2.05) is 13.8 Å². The molecule has 148 valence electrons. The average molecular weight is 377 g/mol. The van der Waals surface area contributed by atoms with Gasteiger partial charge in [0.25, 0.3) is 5.91 Å². The summed E-state index contributed by atoms with van der Waals surface area (Å²) in [5.41, 5.74) is 0.934. The zero-order chi connectivity index (χ0) is 19.6. The van der Waals surface area contributed by atoms with Gasteiger partial charge in [0.2, 0.25) is 11.8 Å². The number of aryl methyl sites for hydroxylation is 2. The Morgan fingerprint density at radius 1 is 1.26 bits per heavy atom. The number of aromatic nitrogens is 1. The van der Waals surface area contributed by atoms with Crippen LogP contribution in [0, 0.1) is 19.8 Å². The molecule has 2 aliphatic heterocycles. The number of carbonyl (C=O) groups excluding carboxylic acids is 3. The summed E-state index contributed by atoms with van der Waals surface area (Å²) in [5, 5.41) is 2.86. The first kappa shape index (κ1) is 19.3. The summed E-state index contributed by atoms with van der Waals surface area (Å²) in [7, 11) is 1.55. The van der Waals surface area contributed by atoms with E-state index in [0.717, 1.165) is 48.2 Å². The topological polar surface area (TPSA) is 99.0 Å². The largest absolute Gasteiger partial charge is 0.444 e. The maximum atomic E-state index is 12.1. The number of piperidine rings is 1. The number of amides is 4. The summed E-state index contributed by atoms with van der Waals surface area (Å²) >= 11 is 0. The van der Waals surface area contributed by atoms with Gasteiger partial charge in [0, 0.05) is 13.6 Å². The van der Waals surface area contributed by atoms with Gasteiger partial charge in [-0.1, -0.05) is 0 Å². The molecule has 0 spiro atoms. The zero-order valence-corrected chi connectivity index (χ0v) is 16.2. The molecule has 0 aromatic carbocycles. The van der Waals surface area contributed by atoms with Gasteiger partial charge >= 0.3 is 6.03 Å². The quantitative estimate of drug-likeness (QED) is 0.726. The molecule has 3 rings (SSSR count). The minimum Gasteiger partial charge on any atom is -0.444 e. The summed E-state index contributed by atoms with van der Waals surface area (Å²) < 4.78 is 5.64. The van der Waals surface area contributed by atoms with E-state index in [-0.39, 0.29) is 24.9 Å². The summed E-state index contributed by atoms with van der Waals surface area (Å²) in [6, 6.07) is -0.416. The minimum atomic E-state index is -0.416. The van der Waals surface area contributed by atoms with Gasteiger partial charge in [0.1, 0.15) is 18.8 Å². The predicted molar refractivity (Wildman–Crippen MR) is 96.7 cm³/mol. The van der Waals surface area contributed by atoms with Crippen molar-refractivity contribution < 1.29 is 18.8 Å². The molecule has 0 unspecified atom stereocenters. The smallest absolute Gasteiger partial charge is 0.327 e. The fourth-order valence-electron chi connectivity index (χ4n) is 3.43. The Kier molecular flexibility index (Phi) is 5.79. The third-order valence-electron chi connectivity index (χ3n) is 5.26. The average Bonchev–Trinajstić information content (AvgIpc) is 3.06. The molecule has 2 saturated heterocycles. The van der Waals surface area contributed by atoms with E-state index < -0.39 is 6.03 Å². The lowest BCUT2D eigenvalue weighted by atomic mass is 9.97. The number of oxazole rings is 1. The van der Waals surface area contributed by atoms with Crippen LogP contribution in [0.15, 0.2) is 4.42 Å². The molecular formula is C18H27N5O4. The molecule has 4 amide bonds. The van der Waals surface area contributed by atoms with Gasteiger partial charge in [-0.05, 0) is 45.7 Å². The van der Waals surface area contributed by atoms with Gasteiger partial charge < -0.3 is 14.6 Å². The van der Waals surface area contributed by atoms with Crippen LogP contribution < -0.4 is 5.32 Å². The molecule has 1 N–H and O–H groups in total. The molecule has 9 nitrogen and oxygen atoms in total. The number of hydrogen-bond donors (Lipinski definition) is 1. The molecule has 0 atom stereocenters. The number of urea groups is 1. The molecule has 2 fully saturated rings. The van der Waals surface area contributed by atoms with Crippen molar-refractivity contribution in [2.45, 2.75) is 33.2 Å². The van der Waals surface area contributed by atoms with Crippen LogP contribution in [0.5, 0.6) is 0 Å². The summed E-state index contributed by atoms with van der Waals surface area (Å²) in [4.78, 5) is 44.6. The molecule has 1 aromatic heterocycles. The summed E-state index contributed by atoms with van der Waals surface area (Å²) in [6.45, 7) is 6.82. The second kappa shape index (κ2) is 8.08. The van der Waals surface area contributed by atoms with Crippen molar-refractivity contribution in [2.75, 3.05) is 39.8 Å². The highest BCUT2D eigenvalue weighted by Gasteiger charge is 2.34. The highest BCUT2D eigenvalue weighted by atomic mass is 16.4. The molecular weight excluding hydrogens is 350 g/mol. The number of carbonyl (C=O) groups is 3. The highest BCUT2D eigenvalue weighted by molar-refractivity contribution is 6.04. The fraction of sp³-hybridized carbons (Fsp3) is 0.667. The number of nitrogens with zero attached hydrogens (tertiary/aromatic N) is 4. The van der Waals surface area contributed by atoms with Crippen molar-refractivity contribution in [1.82, 2.24) is 25.0 Å². The Morgan fingerprint density at radius 3 is 2.52 bits per heavy atom. The normalized spacial score (nSPS) is 19.2. The van der Waals surface area contributed by atoms with E-state index in [1.165, 1.54) is 4.90 Å². The van der Waals surface area contributed by atoms with Crippen molar-refractivity contribution in [1.29, 1.82) is 0 Å². The maximum Gasteiger partial charge on any atom is 0.327 e. The van der Waals surface area contributed by atoms with Crippen molar-refractivity contribution in [3.63, 3.8) is 0 Å². The van der Waals surface area contributed by atoms with Crippen LogP contribution in [0.2, 0.25) is 0 Å². The molecule has 2 aliphatic rings. The molecule has 0 saturated carbocycles. The van der Waals surface area contributed by atoms with Crippen molar-refractivity contribution in [3.8, 4) is 0 Å². The zero-order valence-electron chi connectivity index (χ0n) is 16.2. The van der Waals surface area contributed by atoms with E-state index in [2.05, 4.69) is 15.2 Å². The Labute approximate surface area is 158 Å². The standard InChI is InChI=1S/C18H27N5O4/c1-12-13(2)27-16(20-12)10-22-6-4-14(5-7-22)8-19-15(24)9-23-17(25)11-21(3)18(23)26/h14H,4-11H2,1-3H3,(H,19,24). The Bertz CT molecular complexity index is 704. The SMILES string of the molecule is Cc1nc(CN2CCC(CNC(=O)CN3C(=O)CN(C)C3=O)CC2)oc1C. The van der Waals surface area contributed by atoms with Gasteiger partial charge in [-0.3, -0.25) is 19.4 Å². The van der Waals surface area contributed by atoms with Crippen LogP contribution >= 0.6 is 0 Å². The van der Waals surface area contributed by atoms with E-state index in [9.17, 15) is 14.4 Å². The second-order valence-corrected chi connectivity index (χ2v) is 7.39. The Morgan fingerprint density at radius 2 is 1.96 bits per heavy atom. The number of hydrogen-bond acceptors (Lipinski definition) is 6. The minimum absolute atomic E-state index is 0.0359. The van der Waals surface area contributed by atoms with Gasteiger partial charge in [0.15, 0.2) is 0 Å². The lowest BCUT2D eigenvalue weighted by Crippen LogP contribution is -2.43. The molecule has 3 heterocycles. The van der Waals surface area contributed by atoms with Gasteiger partial charge in [-0.2, -0.15) is 0 Å². The summed E-state index contributed by atoms with van der Waals surface area (Å²) in [5.74, 6) is 1.39. The van der Waals surface area contributed by atoms with Crippen molar-refractivity contribution in [2.24, 2.45) is 5.92 Å². The molecule has 9 heteroatoms. The van der Waals surface area contributed by atoms with Gasteiger partial charge in [-0.15, -0.1) is 0 Å². The molecule has 0 bridgehead atoms. The van der Waals surface area contributed by atoms with Gasteiger partial charge in [-0.25, -0.2) is 9.78 Å². The van der Waals surface area contributed by atoms with Crippen molar-refractivity contribution >= 4 is 17.8 Å². The first-order chi connectivity index (χ1) is 12.8. The predicted octanol–water partition coefficient (Wildman–Crippen LogP) is 0.514. The lowest BCUT2D eigenvalue weighted by Gasteiger charge is -2.31. The number of likely N-dealkylation sites (N-methyl/N-ethyl adjacent to an activating group) is 1. The van der Waals surface area contributed by atoms with E-state index in [1.54, 1.807) is 7.05 Å². The van der Waals surface area contributed by atoms with E-state index in [4.69, 9.17) is 4.42 Å². The second-order valence-electron chi connectivity index (χ2n) is 7.39. The monoisotopic (exact) mass is 377 g/mol. The van der Waals surface area contributed by atoms with Crippen LogP contribution in [0.3, 0.4) is 0 Å². The van der Waals surface area contributed by atoms with Crippen LogP contribution in [0.1, 0.15) is 30.2 Å². The van der Waals surface area contributed by atoms with Crippen LogP contribution in [-0.4, -0.2) is 77.3 Å². The number of rotatable bonds is 6.